The predicted molar refractivity (Wildman–Crippen MR) is 105 cm³/mol. The molecule has 1 aromatic carbocycles. The Morgan fingerprint density at radius 3 is 2.50 bits per heavy atom. The van der Waals surface area contributed by atoms with E-state index in [1.165, 1.54) is 0 Å². The summed E-state index contributed by atoms with van der Waals surface area (Å²) in [5.41, 5.74) is -0.467. The van der Waals surface area contributed by atoms with E-state index in [0.29, 0.717) is 18.6 Å². The van der Waals surface area contributed by atoms with Gasteiger partial charge in [0.15, 0.2) is 0 Å². The van der Waals surface area contributed by atoms with Gasteiger partial charge in [-0.25, -0.2) is 4.79 Å². The van der Waals surface area contributed by atoms with Crippen molar-refractivity contribution in [1.29, 1.82) is 0 Å². The maximum Gasteiger partial charge on any atom is 0.331 e. The van der Waals surface area contributed by atoms with Gasteiger partial charge in [-0.15, -0.1) is 0 Å². The van der Waals surface area contributed by atoms with E-state index in [2.05, 4.69) is 12.2 Å². The lowest BCUT2D eigenvalue weighted by Gasteiger charge is -2.14. The third-order valence-electron chi connectivity index (χ3n) is 4.34. The van der Waals surface area contributed by atoms with Crippen LogP contribution in [0.4, 0.5) is 0 Å². The maximum atomic E-state index is 12.9. The van der Waals surface area contributed by atoms with Gasteiger partial charge in [0.25, 0.3) is 5.56 Å². The highest BCUT2D eigenvalue weighted by atomic mass is 35.5. The lowest BCUT2D eigenvalue weighted by Crippen LogP contribution is -2.44. The van der Waals surface area contributed by atoms with Crippen molar-refractivity contribution < 1.29 is 4.79 Å². The predicted octanol–water partition coefficient (Wildman–Crippen LogP) is 2.92. The lowest BCUT2D eigenvalue weighted by atomic mass is 10.2. The van der Waals surface area contributed by atoms with Gasteiger partial charge in [0.2, 0.25) is 5.91 Å². The minimum Gasteiger partial charge on any atom is -0.355 e. The third-order valence-corrected chi connectivity index (χ3v) is 4.66. The third kappa shape index (κ3) is 4.55. The normalized spacial score (nSPS) is 11.0. The molecule has 26 heavy (non-hydrogen) atoms. The van der Waals surface area contributed by atoms with Crippen LogP contribution < -0.4 is 16.6 Å². The van der Waals surface area contributed by atoms with Gasteiger partial charge in [-0.1, -0.05) is 50.8 Å². The Balaban J connectivity index is 2.49. The first-order valence-electron chi connectivity index (χ1n) is 9.19. The number of halogens is 1. The van der Waals surface area contributed by atoms with Crippen LogP contribution in [-0.2, 0) is 17.9 Å². The number of aromatic nitrogens is 2. The Morgan fingerprint density at radius 2 is 1.81 bits per heavy atom. The number of nitrogens with zero attached hydrogens (tertiary/aromatic N) is 2. The van der Waals surface area contributed by atoms with E-state index in [1.54, 1.807) is 22.8 Å². The molecule has 0 unspecified atom stereocenters. The quantitative estimate of drug-likeness (QED) is 0.681. The van der Waals surface area contributed by atoms with E-state index in [4.69, 9.17) is 11.6 Å². The van der Waals surface area contributed by atoms with Gasteiger partial charge in [-0.3, -0.25) is 18.7 Å². The second kappa shape index (κ2) is 9.57. The Kier molecular flexibility index (Phi) is 7.45. The molecule has 0 saturated carbocycles. The fraction of sp³-hybridized carbons (Fsp3) is 0.526. The highest BCUT2D eigenvalue weighted by Gasteiger charge is 2.17. The molecule has 0 spiro atoms. The van der Waals surface area contributed by atoms with E-state index in [1.807, 2.05) is 6.92 Å². The number of fused-ring (bicyclic) bond motifs is 1. The number of aryl methyl sites for hydroxylation is 1. The number of amides is 1. The molecule has 0 bridgehead atoms. The molecule has 0 saturated heterocycles. The molecular formula is C19H26ClN3O3. The summed E-state index contributed by atoms with van der Waals surface area (Å²) in [6, 6.07) is 5.07. The van der Waals surface area contributed by atoms with Crippen LogP contribution >= 0.6 is 11.6 Å². The zero-order chi connectivity index (χ0) is 19.1. The number of hydrogen-bond donors (Lipinski definition) is 1. The number of nitrogens with one attached hydrogen (secondary N) is 1. The average Bonchev–Trinajstić information content (AvgIpc) is 2.61. The fourth-order valence-electron chi connectivity index (χ4n) is 2.90. The molecular weight excluding hydrogens is 354 g/mol. The van der Waals surface area contributed by atoms with Gasteiger partial charge in [0.05, 0.1) is 15.9 Å². The van der Waals surface area contributed by atoms with Crippen LogP contribution in [0.3, 0.4) is 0 Å². The smallest absolute Gasteiger partial charge is 0.331 e. The van der Waals surface area contributed by atoms with Gasteiger partial charge in [0.1, 0.15) is 6.54 Å². The minimum atomic E-state index is -0.520. The molecule has 7 heteroatoms. The average molecular weight is 380 g/mol. The van der Waals surface area contributed by atoms with Crippen LogP contribution in [0, 0.1) is 0 Å². The van der Waals surface area contributed by atoms with E-state index in [9.17, 15) is 14.4 Å². The molecule has 0 aliphatic carbocycles. The van der Waals surface area contributed by atoms with Crippen molar-refractivity contribution in [2.45, 2.75) is 59.0 Å². The van der Waals surface area contributed by atoms with Gasteiger partial charge >= 0.3 is 5.69 Å². The summed E-state index contributed by atoms with van der Waals surface area (Å²) in [6.45, 7) is 4.83. The number of rotatable bonds is 9. The molecule has 0 fully saturated rings. The second-order valence-electron chi connectivity index (χ2n) is 6.37. The topological polar surface area (TPSA) is 73.1 Å². The highest BCUT2D eigenvalue weighted by molar-refractivity contribution is 6.35. The van der Waals surface area contributed by atoms with E-state index in [0.717, 1.165) is 36.7 Å². The molecule has 0 radical (unpaired) electrons. The van der Waals surface area contributed by atoms with Crippen molar-refractivity contribution in [2.75, 3.05) is 6.54 Å². The summed E-state index contributed by atoms with van der Waals surface area (Å²) in [7, 11) is 0. The molecule has 1 heterocycles. The van der Waals surface area contributed by atoms with Crippen LogP contribution in [-0.4, -0.2) is 21.6 Å². The van der Waals surface area contributed by atoms with Crippen LogP contribution in [0.5, 0.6) is 0 Å². The molecule has 6 nitrogen and oxygen atoms in total. The van der Waals surface area contributed by atoms with Crippen LogP contribution in [0.1, 0.15) is 46.0 Å². The lowest BCUT2D eigenvalue weighted by molar-refractivity contribution is -0.121. The first-order valence-corrected chi connectivity index (χ1v) is 9.57. The zero-order valence-corrected chi connectivity index (χ0v) is 16.1. The van der Waals surface area contributed by atoms with Crippen molar-refractivity contribution in [3.05, 3.63) is 44.1 Å². The highest BCUT2D eigenvalue weighted by Crippen LogP contribution is 2.19. The number of carbonyl (C=O) groups is 1. The molecule has 2 rings (SSSR count). The van der Waals surface area contributed by atoms with Crippen molar-refractivity contribution in [3.63, 3.8) is 0 Å². The van der Waals surface area contributed by atoms with E-state index in [-0.39, 0.29) is 22.9 Å². The number of unbranched alkanes of at least 4 members (excludes halogenated alkanes) is 3. The molecule has 0 atom stereocenters. The summed E-state index contributed by atoms with van der Waals surface area (Å²) in [4.78, 5) is 37.8. The Morgan fingerprint density at radius 1 is 1.08 bits per heavy atom. The summed E-state index contributed by atoms with van der Waals surface area (Å²) in [6.07, 6.45) is 4.62. The second-order valence-corrected chi connectivity index (χ2v) is 6.78. The Hall–Kier alpha value is -2.08. The maximum absolute atomic E-state index is 12.9. The monoisotopic (exact) mass is 379 g/mol. The minimum absolute atomic E-state index is 0.284. The van der Waals surface area contributed by atoms with Gasteiger partial charge < -0.3 is 5.32 Å². The molecule has 1 amide bonds. The van der Waals surface area contributed by atoms with E-state index >= 15 is 0 Å². The molecule has 0 aliphatic rings. The van der Waals surface area contributed by atoms with Crippen molar-refractivity contribution in [2.24, 2.45) is 0 Å². The Bertz CT molecular complexity index is 886. The standard InChI is InChI=1S/C19H26ClN3O3/c1-3-5-7-12-22-15-10-8-9-14(20)17(15)18(25)23(19(22)26)13-16(24)21-11-6-4-2/h8-10H,3-7,11-13H2,1-2H3,(H,21,24). The van der Waals surface area contributed by atoms with Gasteiger partial charge in [-0.05, 0) is 25.0 Å². The first kappa shape index (κ1) is 20.2. The zero-order valence-electron chi connectivity index (χ0n) is 15.4. The first-order chi connectivity index (χ1) is 12.5. The number of hydrogen-bond acceptors (Lipinski definition) is 3. The largest absolute Gasteiger partial charge is 0.355 e. The van der Waals surface area contributed by atoms with Gasteiger partial charge in [0, 0.05) is 13.1 Å². The van der Waals surface area contributed by atoms with Crippen molar-refractivity contribution >= 4 is 28.4 Å². The Labute approximate surface area is 157 Å². The summed E-state index contributed by atoms with van der Waals surface area (Å²) in [5, 5.41) is 3.31. The van der Waals surface area contributed by atoms with Crippen molar-refractivity contribution in [3.8, 4) is 0 Å². The summed E-state index contributed by atoms with van der Waals surface area (Å²) in [5.74, 6) is -0.343. The van der Waals surface area contributed by atoms with Crippen molar-refractivity contribution in [1.82, 2.24) is 14.5 Å². The SMILES string of the molecule is CCCCCn1c(=O)n(CC(=O)NCCCC)c(=O)c2c(Cl)cccc21. The summed E-state index contributed by atoms with van der Waals surface area (Å²) >= 11 is 6.23. The number of carbonyl (C=O) groups excluding carboxylic acids is 1. The van der Waals surface area contributed by atoms with Crippen LogP contribution in [0.2, 0.25) is 5.02 Å². The summed E-state index contributed by atoms with van der Waals surface area (Å²) < 4.78 is 2.54. The van der Waals surface area contributed by atoms with Gasteiger partial charge in [-0.2, -0.15) is 0 Å². The van der Waals surface area contributed by atoms with Crippen LogP contribution in [0.15, 0.2) is 27.8 Å². The molecule has 0 aliphatic heterocycles. The van der Waals surface area contributed by atoms with E-state index < -0.39 is 11.2 Å². The van der Waals surface area contributed by atoms with Crippen LogP contribution in [0.25, 0.3) is 10.9 Å². The molecule has 1 aromatic heterocycles. The molecule has 142 valence electrons. The number of benzene rings is 1. The molecule has 1 N–H and O–H groups in total. The molecule has 2 aromatic rings. The fourth-order valence-corrected chi connectivity index (χ4v) is 3.15.